The van der Waals surface area contributed by atoms with Crippen LogP contribution < -0.4 is 36.6 Å². The van der Waals surface area contributed by atoms with E-state index in [9.17, 15) is 33.7 Å². The number of benzene rings is 4. The number of phenolic OH excluding ortho intramolecular Hbond substituents is 1. The first-order chi connectivity index (χ1) is 29.4. The first kappa shape index (κ1) is 44.5. The van der Waals surface area contributed by atoms with Crippen LogP contribution in [0.2, 0.25) is 0 Å². The number of hydrogen-bond donors (Lipinski definition) is 12. The van der Waals surface area contributed by atoms with Gasteiger partial charge in [0.2, 0.25) is 11.9 Å². The van der Waals surface area contributed by atoms with E-state index in [4.69, 9.17) is 20.1 Å². The number of halogens is 2. The molecule has 61 heavy (non-hydrogen) atoms. The zero-order valence-electron chi connectivity index (χ0n) is 31.8. The third kappa shape index (κ3) is 13.8. The zero-order valence-corrected chi connectivity index (χ0v) is 31.8. The highest BCUT2D eigenvalue weighted by Gasteiger charge is 2.16. The van der Waals surface area contributed by atoms with Crippen LogP contribution in [-0.4, -0.2) is 101 Å². The summed E-state index contributed by atoms with van der Waals surface area (Å²) >= 11 is 0. The minimum absolute atomic E-state index is 0.0842. The van der Waals surface area contributed by atoms with E-state index < -0.39 is 48.9 Å². The number of aromatic nitrogens is 4. The van der Waals surface area contributed by atoms with Crippen LogP contribution in [0.3, 0.4) is 0 Å². The van der Waals surface area contributed by atoms with Crippen LogP contribution in [0.25, 0.3) is 0 Å². The number of aromatic hydroxyl groups is 1. The predicted octanol–water partition coefficient (Wildman–Crippen LogP) is 3.87. The largest absolute Gasteiger partial charge is 0.508 e. The Bertz CT molecular complexity index is 2380. The van der Waals surface area contributed by atoms with Gasteiger partial charge < -0.3 is 67.3 Å². The number of anilines is 10. The molecule has 4 aromatic carbocycles. The third-order valence-corrected chi connectivity index (χ3v) is 7.82. The minimum Gasteiger partial charge on any atom is -0.508 e. The first-order valence-corrected chi connectivity index (χ1v) is 18.1. The van der Waals surface area contributed by atoms with Crippen LogP contribution in [0, 0.1) is 11.6 Å². The summed E-state index contributed by atoms with van der Waals surface area (Å²) in [5.74, 6) is -2.12. The van der Waals surface area contributed by atoms with Crippen LogP contribution in [-0.2, 0) is 9.59 Å². The number of rotatable bonds is 17. The van der Waals surface area contributed by atoms with Crippen molar-refractivity contribution >= 4 is 69.5 Å². The van der Waals surface area contributed by atoms with Crippen molar-refractivity contribution in [3.8, 4) is 11.5 Å². The van der Waals surface area contributed by atoms with Gasteiger partial charge in [0.1, 0.15) is 18.1 Å². The number of carbonyl (C=O) groups excluding carboxylic acids is 2. The number of hydrogen-bond acceptors (Lipinski definition) is 17. The van der Waals surface area contributed by atoms with Crippen molar-refractivity contribution < 1.29 is 53.7 Å². The molecule has 2 aromatic heterocycles. The molecule has 2 heterocycles. The molecule has 0 fully saturated rings. The summed E-state index contributed by atoms with van der Waals surface area (Å²) in [6, 6.07) is 25.7. The molecule has 0 spiro atoms. The highest BCUT2D eigenvalue weighted by Crippen LogP contribution is 2.25. The smallest absolute Gasteiger partial charge is 0.255 e. The van der Waals surface area contributed by atoms with Gasteiger partial charge in [-0.2, -0.15) is 9.97 Å². The second-order valence-corrected chi connectivity index (χ2v) is 12.5. The Balaban J connectivity index is 0.000000232. The van der Waals surface area contributed by atoms with Crippen molar-refractivity contribution in [2.75, 3.05) is 58.3 Å². The molecule has 19 nitrogen and oxygen atoms in total. The summed E-state index contributed by atoms with van der Waals surface area (Å²) < 4.78 is 33.7. The summed E-state index contributed by atoms with van der Waals surface area (Å²) in [6.45, 7) is -1.30. The van der Waals surface area contributed by atoms with Gasteiger partial charge >= 0.3 is 0 Å². The van der Waals surface area contributed by atoms with Crippen molar-refractivity contribution in [2.45, 2.75) is 12.2 Å². The van der Waals surface area contributed by atoms with Gasteiger partial charge in [0.15, 0.2) is 35.5 Å². The van der Waals surface area contributed by atoms with Gasteiger partial charge in [0.25, 0.3) is 11.8 Å². The number of nitrogens with one attached hydrogen (secondary N) is 6. The van der Waals surface area contributed by atoms with E-state index in [2.05, 4.69) is 51.8 Å². The Morgan fingerprint density at radius 2 is 1.02 bits per heavy atom. The number of nitrogens with zero attached hydrogens (tertiary/aromatic N) is 4. The van der Waals surface area contributed by atoms with Gasteiger partial charge in [-0.3, -0.25) is 9.59 Å². The third-order valence-electron chi connectivity index (χ3n) is 7.82. The first-order valence-electron chi connectivity index (χ1n) is 18.1. The number of aliphatic hydroxyl groups is 5. The molecule has 2 amide bonds. The topological polar surface area (TPSA) is 288 Å². The summed E-state index contributed by atoms with van der Waals surface area (Å²) in [5, 5.41) is 70.8. The molecule has 6 aromatic rings. The van der Waals surface area contributed by atoms with Crippen LogP contribution in [0.5, 0.6) is 11.5 Å². The fourth-order valence-electron chi connectivity index (χ4n) is 4.87. The molecule has 0 radical (unpaired) electrons. The van der Waals surface area contributed by atoms with Crippen LogP contribution >= 0.6 is 0 Å². The van der Waals surface area contributed by atoms with E-state index in [0.717, 1.165) is 12.4 Å². The Morgan fingerprint density at radius 1 is 0.590 bits per heavy atom. The highest BCUT2D eigenvalue weighted by atomic mass is 19.1. The second kappa shape index (κ2) is 22.0. The van der Waals surface area contributed by atoms with E-state index in [-0.39, 0.29) is 42.5 Å². The van der Waals surface area contributed by atoms with Gasteiger partial charge in [-0.1, -0.05) is 12.1 Å². The van der Waals surface area contributed by atoms with E-state index >= 15 is 0 Å². The highest BCUT2D eigenvalue weighted by molar-refractivity contribution is 5.95. The molecule has 0 aliphatic carbocycles. The standard InChI is InChI=1S/C21H22FN5O5.C19H18FN5O4/c22-17-11-23-21(26-13-4-6-16(7-5-13)32-9-8-28)27-19(17)24-14-2-1-3-15(10-14)25-20(31)18(30)12-29;20-15-9-21-19(24-11-4-6-14(27)7-5-11)25-17(15)22-12-2-1-3-13(8-12)23-18(29)16(28)10-26/h1-7,10-11,18,28-30H,8-9,12H2,(H,25,31)(H2,23,24,26,27);1-9,16,26-28H,10H2,(H,23,29)(H2,21,22,24,25). The van der Waals surface area contributed by atoms with Gasteiger partial charge in [-0.15, -0.1) is 0 Å². The Kier molecular flexibility index (Phi) is 16.1. The lowest BCUT2D eigenvalue weighted by atomic mass is 10.2. The van der Waals surface area contributed by atoms with E-state index in [1.807, 2.05) is 0 Å². The monoisotopic (exact) mass is 842 g/mol. The fraction of sp³-hybridized carbons (Fsp3) is 0.150. The average Bonchev–Trinajstić information content (AvgIpc) is 3.26. The molecule has 0 saturated carbocycles. The molecule has 0 bridgehead atoms. The predicted molar refractivity (Wildman–Crippen MR) is 221 cm³/mol. The lowest BCUT2D eigenvalue weighted by Gasteiger charge is -2.12. The maximum absolute atomic E-state index is 14.2. The maximum atomic E-state index is 14.2. The van der Waals surface area contributed by atoms with Crippen molar-refractivity contribution in [2.24, 2.45) is 0 Å². The number of aliphatic hydroxyl groups excluding tert-OH is 5. The molecular weight excluding hydrogens is 802 g/mol. The number of phenols is 1. The molecule has 0 saturated heterocycles. The maximum Gasteiger partial charge on any atom is 0.255 e. The van der Waals surface area contributed by atoms with Crippen molar-refractivity contribution in [1.29, 1.82) is 0 Å². The number of ether oxygens (including phenoxy) is 1. The quantitative estimate of drug-likeness (QED) is 0.0581. The normalized spacial score (nSPS) is 11.5. The van der Waals surface area contributed by atoms with Crippen molar-refractivity contribution in [3.63, 3.8) is 0 Å². The van der Waals surface area contributed by atoms with Gasteiger partial charge in [0, 0.05) is 34.1 Å². The van der Waals surface area contributed by atoms with Gasteiger partial charge in [0.05, 0.1) is 32.2 Å². The molecule has 318 valence electrons. The SMILES string of the molecule is O=C(Nc1cccc(Nc2nc(Nc3ccc(O)cc3)ncc2F)c1)C(O)CO.O=C(Nc1cccc(Nc2nc(Nc3ccc(OCCO)cc3)ncc2F)c1)C(O)CO. The Hall–Kier alpha value is -7.56. The van der Waals surface area contributed by atoms with Gasteiger partial charge in [-0.05, 0) is 84.9 Å². The van der Waals surface area contributed by atoms with Crippen LogP contribution in [0.1, 0.15) is 0 Å². The molecule has 0 aliphatic rings. The van der Waals surface area contributed by atoms with Crippen LogP contribution in [0.15, 0.2) is 109 Å². The molecule has 2 atom stereocenters. The van der Waals surface area contributed by atoms with E-state index in [1.54, 1.807) is 72.8 Å². The fourth-order valence-corrected chi connectivity index (χ4v) is 4.87. The summed E-state index contributed by atoms with van der Waals surface area (Å²) in [6.07, 6.45) is -1.07. The van der Waals surface area contributed by atoms with Crippen molar-refractivity contribution in [1.82, 2.24) is 19.9 Å². The van der Waals surface area contributed by atoms with E-state index in [0.29, 0.717) is 39.9 Å². The lowest BCUT2D eigenvalue weighted by molar-refractivity contribution is -0.126. The minimum atomic E-state index is -1.55. The lowest BCUT2D eigenvalue weighted by Crippen LogP contribution is -2.30. The molecule has 21 heteroatoms. The number of carbonyl (C=O) groups is 2. The molecule has 12 N–H and O–H groups in total. The van der Waals surface area contributed by atoms with Crippen LogP contribution in [0.4, 0.5) is 66.4 Å². The van der Waals surface area contributed by atoms with Gasteiger partial charge in [-0.25, -0.2) is 18.7 Å². The molecule has 6 rings (SSSR count). The van der Waals surface area contributed by atoms with E-state index in [1.165, 1.54) is 24.3 Å². The second-order valence-electron chi connectivity index (χ2n) is 12.5. The Labute approximate surface area is 345 Å². The zero-order chi connectivity index (χ0) is 43.7. The molecular formula is C40H40F2N10O9. The van der Waals surface area contributed by atoms with Crippen molar-refractivity contribution in [3.05, 3.63) is 121 Å². The average molecular weight is 843 g/mol. The molecule has 0 aliphatic heterocycles. The summed E-state index contributed by atoms with van der Waals surface area (Å²) in [7, 11) is 0. The molecule has 2 unspecified atom stereocenters. The summed E-state index contributed by atoms with van der Waals surface area (Å²) in [5.41, 5.74) is 2.77. The Morgan fingerprint density at radius 3 is 1.44 bits per heavy atom. The summed E-state index contributed by atoms with van der Waals surface area (Å²) in [4.78, 5) is 39.4. The number of amides is 2.